The van der Waals surface area contributed by atoms with Gasteiger partial charge < -0.3 is 9.88 Å². The topological polar surface area (TPSA) is 113 Å². The van der Waals surface area contributed by atoms with Gasteiger partial charge in [-0.2, -0.15) is 0 Å². The normalized spacial score (nSPS) is 15.2. The van der Waals surface area contributed by atoms with Crippen molar-refractivity contribution < 1.29 is 13.2 Å². The number of carbonyl (C=O) groups is 1. The zero-order valence-corrected chi connectivity index (χ0v) is 14.4. The molecule has 1 fully saturated rings. The fourth-order valence-electron chi connectivity index (χ4n) is 2.52. The molecule has 3 heterocycles. The summed E-state index contributed by atoms with van der Waals surface area (Å²) in [6, 6.07) is 1.42. The van der Waals surface area contributed by atoms with E-state index in [1.807, 2.05) is 13.8 Å². The Hall–Kier alpha value is -2.36. The minimum absolute atomic E-state index is 0.0101. The van der Waals surface area contributed by atoms with Gasteiger partial charge in [0.2, 0.25) is 0 Å². The van der Waals surface area contributed by atoms with E-state index in [4.69, 9.17) is 0 Å². The van der Waals surface area contributed by atoms with Gasteiger partial charge in [0.05, 0.1) is 6.20 Å². The Morgan fingerprint density at radius 1 is 1.33 bits per heavy atom. The first-order chi connectivity index (χ1) is 11.4. The van der Waals surface area contributed by atoms with E-state index in [0.717, 1.165) is 12.8 Å². The molecule has 0 spiro atoms. The number of nitrogens with zero attached hydrogens (tertiary/aromatic N) is 4. The number of H-pyrrole nitrogens is 1. The SMILES string of the molecule is CC(C)n1cc(NS(=O)(=O)c2c[nH]c(C(=O)N3CCCC3)c2)nn1. The van der Waals surface area contributed by atoms with Gasteiger partial charge >= 0.3 is 0 Å². The largest absolute Gasteiger partial charge is 0.356 e. The smallest absolute Gasteiger partial charge is 0.270 e. The van der Waals surface area contributed by atoms with E-state index in [-0.39, 0.29) is 28.4 Å². The molecule has 0 atom stereocenters. The van der Waals surface area contributed by atoms with Crippen molar-refractivity contribution in [2.75, 3.05) is 17.8 Å². The summed E-state index contributed by atoms with van der Waals surface area (Å²) in [5.74, 6) is -0.0444. The second-order valence-corrected chi connectivity index (χ2v) is 7.71. The third-order valence-corrected chi connectivity index (χ3v) is 5.20. The van der Waals surface area contributed by atoms with Crippen LogP contribution in [0, 0.1) is 0 Å². The zero-order valence-electron chi connectivity index (χ0n) is 13.6. The number of aromatic nitrogens is 4. The molecule has 10 heteroatoms. The summed E-state index contributed by atoms with van der Waals surface area (Å²) in [4.78, 5) is 16.7. The molecule has 1 amide bonds. The van der Waals surface area contributed by atoms with Crippen LogP contribution in [0.15, 0.2) is 23.4 Å². The number of nitrogens with one attached hydrogen (secondary N) is 2. The van der Waals surface area contributed by atoms with Crippen LogP contribution in [0.25, 0.3) is 0 Å². The van der Waals surface area contributed by atoms with Gasteiger partial charge in [0.15, 0.2) is 5.82 Å². The van der Waals surface area contributed by atoms with Crippen LogP contribution in [0.2, 0.25) is 0 Å². The molecule has 0 saturated carbocycles. The van der Waals surface area contributed by atoms with E-state index in [0.29, 0.717) is 13.1 Å². The summed E-state index contributed by atoms with van der Waals surface area (Å²) in [5, 5.41) is 7.64. The second-order valence-electron chi connectivity index (χ2n) is 6.03. The average molecular weight is 352 g/mol. The molecule has 0 radical (unpaired) electrons. The lowest BCUT2D eigenvalue weighted by Crippen LogP contribution is -2.27. The van der Waals surface area contributed by atoms with Crippen LogP contribution in [0.4, 0.5) is 5.82 Å². The number of hydrogen-bond donors (Lipinski definition) is 2. The van der Waals surface area contributed by atoms with Crippen LogP contribution >= 0.6 is 0 Å². The van der Waals surface area contributed by atoms with Crippen LogP contribution < -0.4 is 4.72 Å². The maximum Gasteiger partial charge on any atom is 0.270 e. The zero-order chi connectivity index (χ0) is 17.3. The van der Waals surface area contributed by atoms with Crippen molar-refractivity contribution in [1.82, 2.24) is 24.9 Å². The van der Waals surface area contributed by atoms with E-state index < -0.39 is 10.0 Å². The Kier molecular flexibility index (Phi) is 4.31. The molecule has 3 rings (SSSR count). The fourth-order valence-corrected chi connectivity index (χ4v) is 3.49. The maximum absolute atomic E-state index is 12.4. The molecule has 9 nitrogen and oxygen atoms in total. The number of amides is 1. The van der Waals surface area contributed by atoms with E-state index in [9.17, 15) is 13.2 Å². The molecule has 0 aromatic carbocycles. The highest BCUT2D eigenvalue weighted by atomic mass is 32.2. The fraction of sp³-hybridized carbons (Fsp3) is 0.500. The maximum atomic E-state index is 12.4. The molecule has 0 aliphatic carbocycles. The van der Waals surface area contributed by atoms with Gasteiger partial charge in [-0.3, -0.25) is 9.52 Å². The van der Waals surface area contributed by atoms with Crippen molar-refractivity contribution in [2.45, 2.75) is 37.6 Å². The van der Waals surface area contributed by atoms with Crippen LogP contribution in [-0.2, 0) is 10.0 Å². The molecule has 1 aliphatic rings. The van der Waals surface area contributed by atoms with Crippen molar-refractivity contribution >= 4 is 21.7 Å². The molecule has 2 N–H and O–H groups in total. The number of anilines is 1. The van der Waals surface area contributed by atoms with Crippen molar-refractivity contribution in [3.63, 3.8) is 0 Å². The third-order valence-electron chi connectivity index (χ3n) is 3.87. The Morgan fingerprint density at radius 3 is 2.67 bits per heavy atom. The van der Waals surface area contributed by atoms with Gasteiger partial charge in [-0.15, -0.1) is 5.10 Å². The Balaban J connectivity index is 1.76. The van der Waals surface area contributed by atoms with Gasteiger partial charge in [-0.1, -0.05) is 5.21 Å². The Morgan fingerprint density at radius 2 is 2.04 bits per heavy atom. The quantitative estimate of drug-likeness (QED) is 0.840. The Labute approximate surface area is 140 Å². The summed E-state index contributed by atoms with van der Waals surface area (Å²) in [6.07, 6.45) is 4.78. The molecule has 24 heavy (non-hydrogen) atoms. The van der Waals surface area contributed by atoms with E-state index >= 15 is 0 Å². The minimum atomic E-state index is -3.83. The first kappa shape index (κ1) is 16.5. The summed E-state index contributed by atoms with van der Waals surface area (Å²) < 4.78 is 28.7. The molecule has 2 aromatic rings. The average Bonchev–Trinajstić information content (AvgIpc) is 3.27. The summed E-state index contributed by atoms with van der Waals surface area (Å²) in [7, 11) is -3.83. The molecule has 0 unspecified atom stereocenters. The third kappa shape index (κ3) is 3.28. The highest BCUT2D eigenvalue weighted by Crippen LogP contribution is 2.18. The molecule has 2 aromatic heterocycles. The number of likely N-dealkylation sites (tertiary alicyclic amines) is 1. The van der Waals surface area contributed by atoms with Crippen molar-refractivity contribution in [2.24, 2.45) is 0 Å². The standard InChI is InChI=1S/C14H20N6O3S/c1-10(2)20-9-13(16-18-20)17-24(22,23)11-7-12(15-8-11)14(21)19-5-3-4-6-19/h7-10,15,17H,3-6H2,1-2H3. The molecule has 0 bridgehead atoms. The second kappa shape index (κ2) is 6.27. The molecular weight excluding hydrogens is 332 g/mol. The minimum Gasteiger partial charge on any atom is -0.356 e. The van der Waals surface area contributed by atoms with E-state index in [1.54, 1.807) is 9.58 Å². The predicted molar refractivity (Wildman–Crippen MR) is 87.1 cm³/mol. The first-order valence-corrected chi connectivity index (χ1v) is 9.27. The van der Waals surface area contributed by atoms with E-state index in [2.05, 4.69) is 20.0 Å². The summed E-state index contributed by atoms with van der Waals surface area (Å²) in [6.45, 7) is 5.23. The van der Waals surface area contributed by atoms with E-state index in [1.165, 1.54) is 18.5 Å². The van der Waals surface area contributed by atoms with Gasteiger partial charge in [0.25, 0.3) is 15.9 Å². The highest BCUT2D eigenvalue weighted by Gasteiger charge is 2.24. The van der Waals surface area contributed by atoms with Gasteiger partial charge in [0.1, 0.15) is 10.6 Å². The molecular formula is C14H20N6O3S. The van der Waals surface area contributed by atoms with Gasteiger partial charge in [-0.05, 0) is 32.8 Å². The number of sulfonamides is 1. The molecule has 1 saturated heterocycles. The van der Waals surface area contributed by atoms with Crippen LogP contribution in [0.5, 0.6) is 0 Å². The van der Waals surface area contributed by atoms with Gasteiger partial charge in [-0.25, -0.2) is 13.1 Å². The lowest BCUT2D eigenvalue weighted by Gasteiger charge is -2.13. The lowest BCUT2D eigenvalue weighted by molar-refractivity contribution is 0.0787. The predicted octanol–water partition coefficient (Wildman–Crippen LogP) is 1.22. The summed E-state index contributed by atoms with van der Waals surface area (Å²) in [5.41, 5.74) is 0.267. The Bertz CT molecular complexity index is 832. The molecule has 1 aliphatic heterocycles. The van der Waals surface area contributed by atoms with Crippen LogP contribution in [0.1, 0.15) is 43.2 Å². The van der Waals surface area contributed by atoms with Crippen molar-refractivity contribution in [3.05, 3.63) is 24.2 Å². The lowest BCUT2D eigenvalue weighted by atomic mass is 10.4. The first-order valence-electron chi connectivity index (χ1n) is 7.79. The highest BCUT2D eigenvalue weighted by molar-refractivity contribution is 7.92. The summed E-state index contributed by atoms with van der Waals surface area (Å²) >= 11 is 0. The van der Waals surface area contributed by atoms with Crippen LogP contribution in [0.3, 0.4) is 0 Å². The number of rotatable bonds is 5. The monoisotopic (exact) mass is 352 g/mol. The van der Waals surface area contributed by atoms with Gasteiger partial charge in [0, 0.05) is 25.3 Å². The number of hydrogen-bond acceptors (Lipinski definition) is 5. The van der Waals surface area contributed by atoms with Crippen molar-refractivity contribution in [1.29, 1.82) is 0 Å². The molecule has 130 valence electrons. The van der Waals surface area contributed by atoms with Crippen molar-refractivity contribution in [3.8, 4) is 0 Å². The number of carbonyl (C=O) groups excluding carboxylic acids is 1. The van der Waals surface area contributed by atoms with Crippen LogP contribution in [-0.4, -0.2) is 52.3 Å². The number of aromatic amines is 1.